The van der Waals surface area contributed by atoms with Crippen molar-refractivity contribution in [1.29, 1.82) is 0 Å². The maximum atomic E-state index is 4.36. The van der Waals surface area contributed by atoms with Gasteiger partial charge < -0.3 is 19.9 Å². The molecule has 172 valence electrons. The summed E-state index contributed by atoms with van der Waals surface area (Å²) in [6, 6.07) is 25.0. The van der Waals surface area contributed by atoms with Gasteiger partial charge in [0.1, 0.15) is 0 Å². The molecular formula is C30H22N6. The first-order valence-corrected chi connectivity index (χ1v) is 11.8. The molecule has 6 aromatic rings. The number of aromatic amines is 4. The van der Waals surface area contributed by atoms with Gasteiger partial charge in [-0.2, -0.15) is 0 Å². The molecule has 0 amide bonds. The number of fused-ring (bicyclic) bond motifs is 8. The molecule has 0 saturated carbocycles. The summed E-state index contributed by atoms with van der Waals surface area (Å²) in [5.41, 5.74) is 8.28. The van der Waals surface area contributed by atoms with E-state index in [9.17, 15) is 0 Å². The standard InChI is InChI=1S/C30H22N6/c1-3-19(17-31-13-1)29-25-9-5-21(33-25)15-23-7-11-27(35-23)30(20-4-2-14-32-18-20)28-12-8-24(36-28)16-22-6-10-26(29)34-22/h1-18,33-36H. The Labute approximate surface area is 206 Å². The van der Waals surface area contributed by atoms with E-state index in [1.165, 1.54) is 0 Å². The molecule has 7 rings (SSSR count). The molecular weight excluding hydrogens is 444 g/mol. The second-order valence-electron chi connectivity index (χ2n) is 8.83. The Morgan fingerprint density at radius 2 is 0.972 bits per heavy atom. The van der Waals surface area contributed by atoms with Gasteiger partial charge in [0.25, 0.3) is 0 Å². The van der Waals surface area contributed by atoms with Crippen molar-refractivity contribution in [3.8, 4) is 0 Å². The zero-order chi connectivity index (χ0) is 23.9. The SMILES string of the molecule is C1=c2ccc([nH]2)=C(c2cccnc2)c2ccc([nH]2)C=c2ccc([nH]2)=C(c2cccnc2)c2ccc1[nH]2. The van der Waals surface area contributed by atoms with E-state index in [0.29, 0.717) is 0 Å². The normalized spacial score (nSPS) is 12.8. The molecule has 1 aliphatic heterocycles. The van der Waals surface area contributed by atoms with E-state index in [0.717, 1.165) is 66.4 Å². The Morgan fingerprint density at radius 1 is 0.472 bits per heavy atom. The fourth-order valence-corrected chi connectivity index (χ4v) is 4.84. The molecule has 7 heterocycles. The van der Waals surface area contributed by atoms with Gasteiger partial charge >= 0.3 is 0 Å². The summed E-state index contributed by atoms with van der Waals surface area (Å²) in [4.78, 5) is 23.1. The van der Waals surface area contributed by atoms with E-state index >= 15 is 0 Å². The number of H-pyrrole nitrogens is 4. The smallest absolute Gasteiger partial charge is 0.0486 e. The molecule has 6 aromatic heterocycles. The highest BCUT2D eigenvalue weighted by molar-refractivity contribution is 5.78. The highest BCUT2D eigenvalue weighted by atomic mass is 14.8. The predicted octanol–water partition coefficient (Wildman–Crippen LogP) is 2.25. The summed E-state index contributed by atoms with van der Waals surface area (Å²) in [5, 5.41) is 4.06. The average molecular weight is 467 g/mol. The van der Waals surface area contributed by atoms with Crippen LogP contribution in [0.2, 0.25) is 0 Å². The van der Waals surface area contributed by atoms with Crippen molar-refractivity contribution in [3.05, 3.63) is 153 Å². The van der Waals surface area contributed by atoms with E-state index < -0.39 is 0 Å². The minimum atomic E-state index is 1.01. The number of hydrogen-bond donors (Lipinski definition) is 4. The van der Waals surface area contributed by atoms with Gasteiger partial charge in [-0.15, -0.1) is 0 Å². The lowest BCUT2D eigenvalue weighted by Crippen LogP contribution is -2.15. The zero-order valence-corrected chi connectivity index (χ0v) is 19.3. The summed E-state index contributed by atoms with van der Waals surface area (Å²) in [7, 11) is 0. The molecule has 0 aliphatic carbocycles. The van der Waals surface area contributed by atoms with Crippen molar-refractivity contribution >= 4 is 23.3 Å². The van der Waals surface area contributed by atoms with E-state index in [-0.39, 0.29) is 0 Å². The van der Waals surface area contributed by atoms with Crippen LogP contribution in [-0.4, -0.2) is 29.9 Å². The van der Waals surface area contributed by atoms with Gasteiger partial charge in [-0.3, -0.25) is 9.97 Å². The predicted molar refractivity (Wildman–Crippen MR) is 141 cm³/mol. The second kappa shape index (κ2) is 8.29. The molecule has 0 unspecified atom stereocenters. The van der Waals surface area contributed by atoms with Gasteiger partial charge in [-0.05, 0) is 72.8 Å². The highest BCUT2D eigenvalue weighted by Gasteiger charge is 2.12. The first-order valence-electron chi connectivity index (χ1n) is 11.8. The van der Waals surface area contributed by atoms with E-state index in [1.54, 1.807) is 12.4 Å². The topological polar surface area (TPSA) is 88.9 Å². The Hall–Kier alpha value is -5.10. The fourth-order valence-electron chi connectivity index (χ4n) is 4.84. The van der Waals surface area contributed by atoms with Crippen LogP contribution in [0.25, 0.3) is 23.3 Å². The number of rotatable bonds is 2. The van der Waals surface area contributed by atoms with Crippen LogP contribution in [0.4, 0.5) is 0 Å². The van der Waals surface area contributed by atoms with Crippen LogP contribution < -0.4 is 21.4 Å². The summed E-state index contributed by atoms with van der Waals surface area (Å²) in [5.74, 6) is 0. The molecule has 6 heteroatoms. The molecule has 0 atom stereocenters. The third-order valence-corrected chi connectivity index (χ3v) is 6.43. The largest absolute Gasteiger partial charge is 0.355 e. The number of nitrogens with one attached hydrogen (secondary N) is 4. The fraction of sp³-hybridized carbons (Fsp3) is 0. The lowest BCUT2D eigenvalue weighted by atomic mass is 10.0. The molecule has 0 fully saturated rings. The highest BCUT2D eigenvalue weighted by Crippen LogP contribution is 2.21. The van der Waals surface area contributed by atoms with Crippen molar-refractivity contribution in [2.45, 2.75) is 0 Å². The quantitative estimate of drug-likeness (QED) is 0.315. The minimum absolute atomic E-state index is 1.01. The minimum Gasteiger partial charge on any atom is -0.355 e. The van der Waals surface area contributed by atoms with E-state index in [4.69, 9.17) is 0 Å². The molecule has 0 spiro atoms. The van der Waals surface area contributed by atoms with Gasteiger partial charge in [0.2, 0.25) is 0 Å². The molecule has 4 N–H and O–H groups in total. The maximum absolute atomic E-state index is 4.36. The Balaban J connectivity index is 1.54. The first kappa shape index (κ1) is 20.3. The van der Waals surface area contributed by atoms with Gasteiger partial charge in [-0.25, -0.2) is 0 Å². The van der Waals surface area contributed by atoms with Crippen LogP contribution in [0, 0.1) is 0 Å². The van der Waals surface area contributed by atoms with Crippen LogP contribution in [0.3, 0.4) is 0 Å². The Bertz CT molecular complexity index is 1790. The summed E-state index contributed by atoms with van der Waals surface area (Å²) in [6.45, 7) is 0. The summed E-state index contributed by atoms with van der Waals surface area (Å²) in [6.07, 6.45) is 11.6. The van der Waals surface area contributed by atoms with Crippen LogP contribution in [0.5, 0.6) is 0 Å². The van der Waals surface area contributed by atoms with Gasteiger partial charge in [-0.1, -0.05) is 12.1 Å². The Kier molecular flexibility index (Phi) is 4.67. The monoisotopic (exact) mass is 466 g/mol. The van der Waals surface area contributed by atoms with Gasteiger partial charge in [0.15, 0.2) is 0 Å². The molecule has 0 saturated heterocycles. The number of aromatic nitrogens is 6. The molecule has 8 bridgehead atoms. The van der Waals surface area contributed by atoms with E-state index in [2.05, 4.69) is 103 Å². The zero-order valence-electron chi connectivity index (χ0n) is 19.3. The van der Waals surface area contributed by atoms with Crippen molar-refractivity contribution in [3.63, 3.8) is 0 Å². The molecule has 1 aliphatic rings. The number of nitrogens with zero attached hydrogens (tertiary/aromatic N) is 2. The molecule has 0 aromatic carbocycles. The third kappa shape index (κ3) is 3.61. The van der Waals surface area contributed by atoms with Crippen LogP contribution in [0.1, 0.15) is 33.9 Å². The van der Waals surface area contributed by atoms with Gasteiger partial charge in [0, 0.05) is 91.2 Å². The number of pyridine rings is 2. The van der Waals surface area contributed by atoms with E-state index in [1.807, 2.05) is 24.5 Å². The van der Waals surface area contributed by atoms with Crippen molar-refractivity contribution in [2.24, 2.45) is 0 Å². The van der Waals surface area contributed by atoms with Crippen molar-refractivity contribution < 1.29 is 0 Å². The molecule has 0 radical (unpaired) electrons. The van der Waals surface area contributed by atoms with Crippen LogP contribution in [-0.2, 0) is 0 Å². The molecule has 6 nitrogen and oxygen atoms in total. The van der Waals surface area contributed by atoms with Crippen LogP contribution in [0.15, 0.2) is 97.6 Å². The summed E-state index contributed by atoms with van der Waals surface area (Å²) >= 11 is 0. The lowest BCUT2D eigenvalue weighted by Gasteiger charge is -2.05. The third-order valence-electron chi connectivity index (χ3n) is 6.43. The van der Waals surface area contributed by atoms with Gasteiger partial charge in [0.05, 0.1) is 0 Å². The first-order chi connectivity index (χ1) is 17.8. The second-order valence-corrected chi connectivity index (χ2v) is 8.83. The van der Waals surface area contributed by atoms with Crippen LogP contribution >= 0.6 is 0 Å². The number of hydrogen-bond acceptors (Lipinski definition) is 2. The summed E-state index contributed by atoms with van der Waals surface area (Å²) < 4.78 is 0. The van der Waals surface area contributed by atoms with Crippen molar-refractivity contribution in [1.82, 2.24) is 29.9 Å². The molecule has 36 heavy (non-hydrogen) atoms. The van der Waals surface area contributed by atoms with Crippen molar-refractivity contribution in [2.75, 3.05) is 0 Å². The lowest BCUT2D eigenvalue weighted by molar-refractivity contribution is 1.20. The maximum Gasteiger partial charge on any atom is 0.0486 e. The average Bonchev–Trinajstić information content (AvgIpc) is 3.72. The Morgan fingerprint density at radius 3 is 1.42 bits per heavy atom.